The number of benzene rings is 1. The Labute approximate surface area is 192 Å². The van der Waals surface area contributed by atoms with Gasteiger partial charge in [0.25, 0.3) is 0 Å². The van der Waals surface area contributed by atoms with Crippen LogP contribution >= 0.6 is 24.0 Å². The van der Waals surface area contributed by atoms with Gasteiger partial charge in [-0.05, 0) is 43.5 Å². The van der Waals surface area contributed by atoms with Gasteiger partial charge >= 0.3 is 0 Å². The number of anilines is 1. The van der Waals surface area contributed by atoms with Crippen molar-refractivity contribution in [3.63, 3.8) is 0 Å². The van der Waals surface area contributed by atoms with Gasteiger partial charge < -0.3 is 20.3 Å². The Balaban J connectivity index is 0.00000420. The van der Waals surface area contributed by atoms with Crippen molar-refractivity contribution in [2.24, 2.45) is 4.99 Å². The topological polar surface area (TPSA) is 61.8 Å². The molecular weight excluding hydrogens is 477 g/mol. The summed E-state index contributed by atoms with van der Waals surface area (Å²) in [5.41, 5.74) is 2.34. The first kappa shape index (κ1) is 25.2. The highest BCUT2D eigenvalue weighted by molar-refractivity contribution is 14.0. The van der Waals surface area contributed by atoms with Crippen LogP contribution in [0.15, 0.2) is 53.7 Å². The average Bonchev–Trinajstić information content (AvgIpc) is 2.72. The Bertz CT molecular complexity index is 724. The van der Waals surface area contributed by atoms with Crippen molar-refractivity contribution < 1.29 is 4.74 Å². The van der Waals surface area contributed by atoms with E-state index >= 15 is 0 Å². The molecule has 0 saturated carbocycles. The molecule has 0 radical (unpaired) electrons. The highest BCUT2D eigenvalue weighted by Crippen LogP contribution is 2.15. The zero-order chi connectivity index (χ0) is 20.2. The van der Waals surface area contributed by atoms with Gasteiger partial charge in [0.05, 0.1) is 12.6 Å². The highest BCUT2D eigenvalue weighted by Gasteiger charge is 2.05. The van der Waals surface area contributed by atoms with Gasteiger partial charge in [-0.3, -0.25) is 0 Å². The van der Waals surface area contributed by atoms with Gasteiger partial charge in [0, 0.05) is 40.0 Å². The summed E-state index contributed by atoms with van der Waals surface area (Å²) in [6, 6.07) is 14.4. The summed E-state index contributed by atoms with van der Waals surface area (Å²) in [6.07, 6.45) is 2.86. The molecule has 0 aliphatic rings. The van der Waals surface area contributed by atoms with Gasteiger partial charge in [0.1, 0.15) is 5.82 Å². The second kappa shape index (κ2) is 14.2. The van der Waals surface area contributed by atoms with Crippen molar-refractivity contribution in [1.29, 1.82) is 0 Å². The molecule has 1 aromatic heterocycles. The zero-order valence-corrected chi connectivity index (χ0v) is 20.2. The first-order chi connectivity index (χ1) is 13.6. The van der Waals surface area contributed by atoms with E-state index in [0.29, 0.717) is 13.2 Å². The highest BCUT2D eigenvalue weighted by atomic mass is 127. The maximum atomic E-state index is 5.92. The molecule has 0 spiro atoms. The molecule has 0 aliphatic carbocycles. The minimum absolute atomic E-state index is 0. The molecule has 0 bridgehead atoms. The summed E-state index contributed by atoms with van der Waals surface area (Å²) in [6.45, 7) is 7.11. The number of nitrogens with zero attached hydrogens (tertiary/aromatic N) is 3. The minimum Gasteiger partial charge on any atom is -0.374 e. The number of pyridine rings is 1. The number of nitrogens with one attached hydrogen (secondary N) is 2. The van der Waals surface area contributed by atoms with E-state index in [9.17, 15) is 0 Å². The molecule has 1 atom stereocenters. The van der Waals surface area contributed by atoms with Crippen LogP contribution in [-0.2, 0) is 11.3 Å². The fraction of sp³-hybridized carbons (Fsp3) is 0.455. The first-order valence-corrected chi connectivity index (χ1v) is 9.91. The van der Waals surface area contributed by atoms with E-state index in [1.807, 2.05) is 49.5 Å². The molecule has 7 heteroatoms. The van der Waals surface area contributed by atoms with Crippen molar-refractivity contribution >= 4 is 35.8 Å². The molecule has 0 fully saturated rings. The van der Waals surface area contributed by atoms with Gasteiger partial charge in [0.15, 0.2) is 5.96 Å². The van der Waals surface area contributed by atoms with Crippen LogP contribution in [0, 0.1) is 0 Å². The normalized spacial score (nSPS) is 12.1. The van der Waals surface area contributed by atoms with Crippen LogP contribution in [0.5, 0.6) is 0 Å². The van der Waals surface area contributed by atoms with Gasteiger partial charge in [-0.1, -0.05) is 30.3 Å². The predicted octanol–water partition coefficient (Wildman–Crippen LogP) is 3.99. The van der Waals surface area contributed by atoms with Crippen molar-refractivity contribution in [3.05, 3.63) is 59.8 Å². The molecule has 160 valence electrons. The molecule has 0 aliphatic heterocycles. The number of aliphatic imine (C=N–C) groups is 1. The second-order valence-corrected chi connectivity index (χ2v) is 6.82. The lowest BCUT2D eigenvalue weighted by molar-refractivity contribution is 0.0646. The predicted molar refractivity (Wildman–Crippen MR) is 132 cm³/mol. The number of guanidine groups is 1. The summed E-state index contributed by atoms with van der Waals surface area (Å²) in [5, 5.41) is 6.66. The Morgan fingerprint density at radius 3 is 2.62 bits per heavy atom. The number of rotatable bonds is 10. The Hall–Kier alpha value is -1.87. The summed E-state index contributed by atoms with van der Waals surface area (Å²) in [7, 11) is 3.98. The molecule has 2 rings (SSSR count). The maximum Gasteiger partial charge on any atom is 0.191 e. The van der Waals surface area contributed by atoms with E-state index in [1.165, 1.54) is 5.56 Å². The number of hydrogen-bond donors (Lipinski definition) is 2. The molecule has 29 heavy (non-hydrogen) atoms. The molecule has 0 amide bonds. The first-order valence-electron chi connectivity index (χ1n) is 9.91. The lowest BCUT2D eigenvalue weighted by Crippen LogP contribution is -2.38. The molecule has 2 aromatic rings. The number of aromatic nitrogens is 1. The maximum absolute atomic E-state index is 5.92. The second-order valence-electron chi connectivity index (χ2n) is 6.82. The fourth-order valence-corrected chi connectivity index (χ4v) is 2.67. The van der Waals surface area contributed by atoms with Crippen LogP contribution in [0.2, 0.25) is 0 Å². The van der Waals surface area contributed by atoms with E-state index in [0.717, 1.165) is 36.9 Å². The number of ether oxygens (including phenoxy) is 1. The largest absolute Gasteiger partial charge is 0.374 e. The van der Waals surface area contributed by atoms with E-state index in [-0.39, 0.29) is 30.1 Å². The third kappa shape index (κ3) is 9.45. The van der Waals surface area contributed by atoms with E-state index in [4.69, 9.17) is 4.74 Å². The summed E-state index contributed by atoms with van der Waals surface area (Å²) < 4.78 is 5.92. The molecule has 1 unspecified atom stereocenters. The molecule has 1 heterocycles. The van der Waals surface area contributed by atoms with Crippen molar-refractivity contribution in [2.75, 3.05) is 38.7 Å². The molecule has 6 nitrogen and oxygen atoms in total. The summed E-state index contributed by atoms with van der Waals surface area (Å²) in [4.78, 5) is 11.0. The summed E-state index contributed by atoms with van der Waals surface area (Å²) >= 11 is 0. The van der Waals surface area contributed by atoms with E-state index in [2.05, 4.69) is 52.7 Å². The Morgan fingerprint density at radius 2 is 1.93 bits per heavy atom. The molecule has 1 aromatic carbocycles. The van der Waals surface area contributed by atoms with E-state index in [1.54, 1.807) is 0 Å². The standard InChI is InChI=1S/C22H33N5O.HI/c1-5-23-22(26-17-19-12-14-24-21(16-19)27(3)4)25-13-9-15-28-18(2)20-10-7-6-8-11-20;/h6-8,10-12,14,16,18H,5,9,13,15,17H2,1-4H3,(H2,23,25,26);1H. The van der Waals surface area contributed by atoms with Gasteiger partial charge in [0.2, 0.25) is 0 Å². The summed E-state index contributed by atoms with van der Waals surface area (Å²) in [5.74, 6) is 1.76. The lowest BCUT2D eigenvalue weighted by atomic mass is 10.1. The Morgan fingerprint density at radius 1 is 1.17 bits per heavy atom. The molecule has 0 saturated heterocycles. The van der Waals surface area contributed by atoms with E-state index < -0.39 is 0 Å². The average molecular weight is 511 g/mol. The van der Waals surface area contributed by atoms with Gasteiger partial charge in [-0.25, -0.2) is 9.98 Å². The van der Waals surface area contributed by atoms with Crippen molar-refractivity contribution in [2.45, 2.75) is 32.9 Å². The third-order valence-corrected chi connectivity index (χ3v) is 4.28. The smallest absolute Gasteiger partial charge is 0.191 e. The number of hydrogen-bond acceptors (Lipinski definition) is 4. The van der Waals surface area contributed by atoms with Crippen LogP contribution in [0.25, 0.3) is 0 Å². The van der Waals surface area contributed by atoms with Crippen molar-refractivity contribution in [1.82, 2.24) is 15.6 Å². The van der Waals surface area contributed by atoms with Crippen molar-refractivity contribution in [3.8, 4) is 0 Å². The molecule has 2 N–H and O–H groups in total. The van der Waals surface area contributed by atoms with Crippen LogP contribution in [0.3, 0.4) is 0 Å². The van der Waals surface area contributed by atoms with Gasteiger partial charge in [-0.15, -0.1) is 24.0 Å². The monoisotopic (exact) mass is 511 g/mol. The fourth-order valence-electron chi connectivity index (χ4n) is 2.67. The quantitative estimate of drug-likeness (QED) is 0.219. The van der Waals surface area contributed by atoms with Gasteiger partial charge in [-0.2, -0.15) is 0 Å². The van der Waals surface area contributed by atoms with Crippen LogP contribution < -0.4 is 15.5 Å². The molecular formula is C22H34IN5O. The SMILES string of the molecule is CCNC(=NCc1ccnc(N(C)C)c1)NCCCOC(C)c1ccccc1.I. The van der Waals surface area contributed by atoms with Crippen LogP contribution in [-0.4, -0.2) is 44.7 Å². The van der Waals surface area contributed by atoms with Crippen LogP contribution in [0.4, 0.5) is 5.82 Å². The Kier molecular flexibility index (Phi) is 12.3. The minimum atomic E-state index is 0. The lowest BCUT2D eigenvalue weighted by Gasteiger charge is -2.15. The van der Waals surface area contributed by atoms with Crippen LogP contribution in [0.1, 0.15) is 37.5 Å². The number of halogens is 1. The third-order valence-electron chi connectivity index (χ3n) is 4.28. The zero-order valence-electron chi connectivity index (χ0n) is 17.9.